The molecule has 0 atom stereocenters. The molecule has 5 heteroatoms. The van der Waals surface area contributed by atoms with Gasteiger partial charge in [-0.1, -0.05) is 218 Å². The number of halogens is 1. The van der Waals surface area contributed by atoms with Crippen molar-refractivity contribution < 1.29 is 8.83 Å². The van der Waals surface area contributed by atoms with E-state index in [1.165, 1.54) is 27.1 Å². The van der Waals surface area contributed by atoms with E-state index in [2.05, 4.69) is 251 Å². The SMILES string of the molecule is Brc1cccc2c1oc1c(-c3ccccc3)cccc12.c1ccc(-c2cccc3c2oc2c(N(c4ccccc4)c4ccc5ccccc5c4)cccc23)cc1.c1ccc(Nc2ccc3ccccc3c2)cc1. The molecule has 73 heavy (non-hydrogen) atoms. The summed E-state index contributed by atoms with van der Waals surface area (Å²) in [5, 5.41) is 12.9. The van der Waals surface area contributed by atoms with Gasteiger partial charge < -0.3 is 19.1 Å². The Morgan fingerprint density at radius 2 is 0.753 bits per heavy atom. The molecule has 0 saturated carbocycles. The monoisotopic (exact) mass is 1000 g/mol. The Balaban J connectivity index is 0.000000123. The van der Waals surface area contributed by atoms with Gasteiger partial charge in [0.15, 0.2) is 5.58 Å². The van der Waals surface area contributed by atoms with Gasteiger partial charge in [0.05, 0.1) is 10.2 Å². The fraction of sp³-hybridized carbons (Fsp3) is 0. The van der Waals surface area contributed by atoms with Gasteiger partial charge in [-0.2, -0.15) is 0 Å². The zero-order valence-corrected chi connectivity index (χ0v) is 41.3. The molecule has 4 nitrogen and oxygen atoms in total. The highest BCUT2D eigenvalue weighted by Gasteiger charge is 2.21. The van der Waals surface area contributed by atoms with Crippen LogP contribution in [0.25, 0.3) is 87.7 Å². The summed E-state index contributed by atoms with van der Waals surface area (Å²) in [5.74, 6) is 0. The topological polar surface area (TPSA) is 41.6 Å². The Labute approximate surface area is 432 Å². The molecule has 2 heterocycles. The fourth-order valence-electron chi connectivity index (χ4n) is 9.73. The zero-order chi connectivity index (χ0) is 48.9. The number of nitrogens with one attached hydrogen (secondary N) is 1. The number of rotatable bonds is 7. The molecular weight excluding hydrogens is 957 g/mol. The van der Waals surface area contributed by atoms with E-state index in [9.17, 15) is 0 Å². The van der Waals surface area contributed by atoms with Crippen molar-refractivity contribution in [2.24, 2.45) is 0 Å². The summed E-state index contributed by atoms with van der Waals surface area (Å²) in [6.07, 6.45) is 0. The lowest BCUT2D eigenvalue weighted by atomic mass is 10.0. The van der Waals surface area contributed by atoms with Crippen molar-refractivity contribution in [1.82, 2.24) is 0 Å². The first-order chi connectivity index (χ1) is 36.1. The van der Waals surface area contributed by atoms with Gasteiger partial charge in [0.2, 0.25) is 0 Å². The van der Waals surface area contributed by atoms with Crippen LogP contribution in [0.2, 0.25) is 0 Å². The molecule has 0 spiro atoms. The lowest BCUT2D eigenvalue weighted by molar-refractivity contribution is 0.668. The molecular formula is C68H47BrN2O2. The molecule has 0 amide bonds. The van der Waals surface area contributed by atoms with Gasteiger partial charge in [0, 0.05) is 55.4 Å². The summed E-state index contributed by atoms with van der Waals surface area (Å²) < 4.78 is 13.9. The summed E-state index contributed by atoms with van der Waals surface area (Å²) in [5.41, 5.74) is 13.6. The van der Waals surface area contributed by atoms with Gasteiger partial charge in [-0.15, -0.1) is 0 Å². The smallest absolute Gasteiger partial charge is 0.159 e. The quantitative estimate of drug-likeness (QED) is 0.173. The van der Waals surface area contributed by atoms with Crippen LogP contribution in [0.1, 0.15) is 0 Å². The molecule has 1 N–H and O–H groups in total. The van der Waals surface area contributed by atoms with E-state index in [-0.39, 0.29) is 0 Å². The van der Waals surface area contributed by atoms with E-state index in [4.69, 9.17) is 8.83 Å². The fourth-order valence-corrected chi connectivity index (χ4v) is 10.2. The summed E-state index contributed by atoms with van der Waals surface area (Å²) in [7, 11) is 0. The molecule has 0 aliphatic carbocycles. The number of para-hydroxylation sites is 6. The molecule has 0 unspecified atom stereocenters. The van der Waals surface area contributed by atoms with Crippen LogP contribution in [0, 0.1) is 0 Å². The minimum Gasteiger partial charge on any atom is -0.454 e. The van der Waals surface area contributed by atoms with Crippen LogP contribution in [0.4, 0.5) is 28.4 Å². The first-order valence-corrected chi connectivity index (χ1v) is 25.2. The molecule has 0 aliphatic heterocycles. The number of anilines is 5. The van der Waals surface area contributed by atoms with Crippen LogP contribution < -0.4 is 10.2 Å². The molecule has 14 rings (SSSR count). The maximum absolute atomic E-state index is 6.74. The predicted molar refractivity (Wildman–Crippen MR) is 312 cm³/mol. The number of hydrogen-bond donors (Lipinski definition) is 1. The number of benzene rings is 12. The number of furan rings is 2. The van der Waals surface area contributed by atoms with E-state index in [1.807, 2.05) is 54.6 Å². The van der Waals surface area contributed by atoms with E-state index >= 15 is 0 Å². The number of fused-ring (bicyclic) bond motifs is 8. The third-order valence-corrected chi connectivity index (χ3v) is 13.8. The van der Waals surface area contributed by atoms with Crippen molar-refractivity contribution in [3.8, 4) is 22.3 Å². The van der Waals surface area contributed by atoms with Crippen molar-refractivity contribution in [3.63, 3.8) is 0 Å². The summed E-state index contributed by atoms with van der Waals surface area (Å²) >= 11 is 3.56. The summed E-state index contributed by atoms with van der Waals surface area (Å²) in [4.78, 5) is 2.29. The van der Waals surface area contributed by atoms with E-state index in [0.717, 1.165) is 93.5 Å². The largest absolute Gasteiger partial charge is 0.454 e. The van der Waals surface area contributed by atoms with Crippen LogP contribution in [0.15, 0.2) is 292 Å². The number of hydrogen-bond acceptors (Lipinski definition) is 4. The van der Waals surface area contributed by atoms with Gasteiger partial charge in [-0.3, -0.25) is 0 Å². The highest BCUT2D eigenvalue weighted by atomic mass is 79.9. The Bertz CT molecular complexity index is 4190. The lowest BCUT2D eigenvalue weighted by Gasteiger charge is -2.25. The average molecular weight is 1000 g/mol. The van der Waals surface area contributed by atoms with E-state index in [0.29, 0.717) is 0 Å². The van der Waals surface area contributed by atoms with Crippen molar-refractivity contribution >= 4 is 110 Å². The van der Waals surface area contributed by atoms with Crippen molar-refractivity contribution in [3.05, 3.63) is 284 Å². The van der Waals surface area contributed by atoms with Gasteiger partial charge in [0.25, 0.3) is 0 Å². The van der Waals surface area contributed by atoms with Gasteiger partial charge in [-0.25, -0.2) is 0 Å². The van der Waals surface area contributed by atoms with E-state index in [1.54, 1.807) is 0 Å². The van der Waals surface area contributed by atoms with Crippen LogP contribution in [-0.4, -0.2) is 0 Å². The molecule has 348 valence electrons. The predicted octanol–water partition coefficient (Wildman–Crippen LogP) is 20.5. The molecule has 0 fully saturated rings. The molecule has 0 bridgehead atoms. The second-order valence-corrected chi connectivity index (χ2v) is 18.7. The van der Waals surface area contributed by atoms with Gasteiger partial charge in [-0.05, 0) is 109 Å². The first kappa shape index (κ1) is 45.0. The van der Waals surface area contributed by atoms with Crippen LogP contribution in [-0.2, 0) is 0 Å². The third-order valence-electron chi connectivity index (χ3n) is 13.2. The molecule has 0 aliphatic rings. The average Bonchev–Trinajstić information content (AvgIpc) is 4.05. The standard InChI is InChI=1S/C34H23NO.C18H11BrO.C16H13N/c1-3-12-25(13-4-1)29-17-9-18-30-31-19-10-20-32(34(31)36-33(29)30)35(27-15-5-2-6-16-27)28-22-21-24-11-7-8-14-26(24)23-28;19-16-11-5-10-15-14-9-4-8-13(17(14)20-18(15)16)12-6-2-1-3-7-12;1-2-8-15(9-3-1)17-16-11-10-13-6-4-5-7-14(13)12-16/h1-23H;1-11H;1-12,17H. The highest BCUT2D eigenvalue weighted by Crippen LogP contribution is 2.45. The van der Waals surface area contributed by atoms with Gasteiger partial charge >= 0.3 is 0 Å². The maximum Gasteiger partial charge on any atom is 0.159 e. The molecule has 0 radical (unpaired) electrons. The van der Waals surface area contributed by atoms with Crippen LogP contribution >= 0.6 is 15.9 Å². The minimum absolute atomic E-state index is 0.882. The molecule has 12 aromatic carbocycles. The van der Waals surface area contributed by atoms with Crippen molar-refractivity contribution in [2.75, 3.05) is 10.2 Å². The van der Waals surface area contributed by atoms with Crippen molar-refractivity contribution in [2.45, 2.75) is 0 Å². The second-order valence-electron chi connectivity index (χ2n) is 17.8. The number of nitrogens with zero attached hydrogens (tertiary/aromatic N) is 1. The summed E-state index contributed by atoms with van der Waals surface area (Å²) in [6.45, 7) is 0. The third kappa shape index (κ3) is 9.22. The van der Waals surface area contributed by atoms with Crippen LogP contribution in [0.5, 0.6) is 0 Å². The second kappa shape index (κ2) is 20.3. The Kier molecular flexibility index (Phi) is 12.5. The van der Waals surface area contributed by atoms with Crippen molar-refractivity contribution in [1.29, 1.82) is 0 Å². The maximum atomic E-state index is 6.74. The van der Waals surface area contributed by atoms with E-state index < -0.39 is 0 Å². The normalized spacial score (nSPS) is 11.1. The highest BCUT2D eigenvalue weighted by molar-refractivity contribution is 9.10. The Morgan fingerprint density at radius 3 is 1.36 bits per heavy atom. The zero-order valence-electron chi connectivity index (χ0n) is 39.7. The Morgan fingerprint density at radius 1 is 0.301 bits per heavy atom. The lowest BCUT2D eigenvalue weighted by Crippen LogP contribution is -2.10. The Hall–Kier alpha value is -9.16. The van der Waals surface area contributed by atoms with Gasteiger partial charge in [0.1, 0.15) is 16.7 Å². The van der Waals surface area contributed by atoms with Crippen LogP contribution in [0.3, 0.4) is 0 Å². The minimum atomic E-state index is 0.882. The molecule has 0 saturated heterocycles. The first-order valence-electron chi connectivity index (χ1n) is 24.4. The molecule has 14 aromatic rings. The summed E-state index contributed by atoms with van der Waals surface area (Å²) in [6, 6.07) is 96.7. The molecule has 2 aromatic heterocycles.